The van der Waals surface area contributed by atoms with E-state index in [4.69, 9.17) is 0 Å². The van der Waals surface area contributed by atoms with Crippen LogP contribution < -0.4 is 0 Å². The smallest absolute Gasteiger partial charge is 0.0572 e. The van der Waals surface area contributed by atoms with Crippen LogP contribution in [0.2, 0.25) is 0 Å². The second-order valence-corrected chi connectivity index (χ2v) is 2.56. The molecule has 0 amide bonds. The third-order valence-corrected chi connectivity index (χ3v) is 1.77. The highest BCUT2D eigenvalue weighted by molar-refractivity contribution is 5.16. The topological polar surface area (TPSA) is 3.01 Å². The van der Waals surface area contributed by atoms with E-state index in [2.05, 4.69) is 24.8 Å². The molecule has 0 aromatic rings. The number of unbranched alkanes of at least 4 members (excludes halogenated alkanes) is 1. The molecule has 1 aliphatic heterocycles. The maximum atomic E-state index is 2.42. The summed E-state index contributed by atoms with van der Waals surface area (Å²) in [7, 11) is 0. The zero-order valence-corrected chi connectivity index (χ0v) is 6.35. The van der Waals surface area contributed by atoms with E-state index in [0.717, 1.165) is 0 Å². The summed E-state index contributed by atoms with van der Waals surface area (Å²) in [6.45, 7) is 6.85. The zero-order valence-electron chi connectivity index (χ0n) is 6.35. The lowest BCUT2D eigenvalue weighted by molar-refractivity contribution is 0.549. The van der Waals surface area contributed by atoms with E-state index in [1.807, 2.05) is 0 Å². The molecule has 0 spiro atoms. The molecule has 0 N–H and O–H groups in total. The Kier molecular flexibility index (Phi) is 2.15. The van der Waals surface area contributed by atoms with Crippen molar-refractivity contribution in [3.63, 3.8) is 0 Å². The Morgan fingerprint density at radius 1 is 1.67 bits per heavy atom. The van der Waals surface area contributed by atoms with Crippen LogP contribution in [0.5, 0.6) is 0 Å². The molecule has 1 nitrogen and oxygen atoms in total. The van der Waals surface area contributed by atoms with Crippen molar-refractivity contribution in [2.75, 3.05) is 13.1 Å². The molecule has 9 heavy (non-hydrogen) atoms. The highest BCUT2D eigenvalue weighted by Crippen LogP contribution is 2.21. The first-order valence-corrected chi connectivity index (χ1v) is 3.78. The number of rotatable bonds is 3. The summed E-state index contributed by atoms with van der Waals surface area (Å²) < 4.78 is 0. The van der Waals surface area contributed by atoms with Gasteiger partial charge in [-0.1, -0.05) is 19.4 Å². The van der Waals surface area contributed by atoms with Gasteiger partial charge in [0.25, 0.3) is 0 Å². The van der Waals surface area contributed by atoms with Gasteiger partial charge in [-0.15, -0.1) is 0 Å². The Bertz CT molecular complexity index is 116. The summed E-state index contributed by atoms with van der Waals surface area (Å²) in [6.07, 6.45) is 4.86. The van der Waals surface area contributed by atoms with Gasteiger partial charge in [-0.2, -0.15) is 0 Å². The summed E-state index contributed by atoms with van der Waals surface area (Å²) in [5.41, 5.74) is 1.53. The minimum atomic E-state index is 1.23. The first-order valence-electron chi connectivity index (χ1n) is 3.78. The summed E-state index contributed by atoms with van der Waals surface area (Å²) >= 11 is 0. The van der Waals surface area contributed by atoms with Crippen molar-refractivity contribution in [1.29, 1.82) is 0 Å². The van der Waals surface area contributed by atoms with Crippen molar-refractivity contribution in [2.45, 2.75) is 26.7 Å². The first kappa shape index (κ1) is 6.66. The number of allylic oxidation sites excluding steroid dienone is 1. The number of hydrogen-bond acceptors (Lipinski definition) is 1. The van der Waals surface area contributed by atoms with Crippen molar-refractivity contribution in [3.8, 4) is 0 Å². The molecule has 0 aromatic heterocycles. The minimum Gasteiger partial charge on any atom is -0.368 e. The summed E-state index contributed by atoms with van der Waals surface area (Å²) in [4.78, 5) is 2.42. The van der Waals surface area contributed by atoms with Gasteiger partial charge in [0.1, 0.15) is 0 Å². The fraction of sp³-hybridized carbons (Fsp3) is 0.750. The van der Waals surface area contributed by atoms with E-state index in [-0.39, 0.29) is 0 Å². The highest BCUT2D eigenvalue weighted by Gasteiger charge is 2.21. The molecule has 0 unspecified atom stereocenters. The Labute approximate surface area is 57.4 Å². The third kappa shape index (κ3) is 1.74. The van der Waals surface area contributed by atoms with Gasteiger partial charge in [0, 0.05) is 12.2 Å². The lowest BCUT2D eigenvalue weighted by Gasteiger charge is -1.96. The van der Waals surface area contributed by atoms with Crippen LogP contribution >= 0.6 is 0 Å². The SMILES string of the molecule is C/C=C1\CN1CCCC. The highest BCUT2D eigenvalue weighted by atomic mass is 15.3. The lowest BCUT2D eigenvalue weighted by atomic mass is 10.3. The fourth-order valence-corrected chi connectivity index (χ4v) is 1.01. The van der Waals surface area contributed by atoms with Gasteiger partial charge in [0.2, 0.25) is 0 Å². The molecule has 1 rings (SSSR count). The molecule has 1 heteroatoms. The van der Waals surface area contributed by atoms with E-state index < -0.39 is 0 Å². The first-order chi connectivity index (χ1) is 4.38. The standard InChI is InChI=1S/C8H15N/c1-3-5-6-9-7-8(9)4-2/h4H,3,5-7H2,1-2H3/b8-4+. The van der Waals surface area contributed by atoms with Crippen molar-refractivity contribution in [1.82, 2.24) is 4.90 Å². The molecule has 0 saturated carbocycles. The van der Waals surface area contributed by atoms with Crippen LogP contribution in [-0.4, -0.2) is 18.0 Å². The molecule has 0 aromatic carbocycles. The van der Waals surface area contributed by atoms with E-state index in [9.17, 15) is 0 Å². The second-order valence-electron chi connectivity index (χ2n) is 2.56. The van der Waals surface area contributed by atoms with Gasteiger partial charge in [-0.05, 0) is 13.3 Å². The largest absolute Gasteiger partial charge is 0.368 e. The van der Waals surface area contributed by atoms with E-state index in [1.54, 1.807) is 0 Å². The van der Waals surface area contributed by atoms with Crippen molar-refractivity contribution in [3.05, 3.63) is 11.8 Å². The molecule has 0 atom stereocenters. The third-order valence-electron chi connectivity index (χ3n) is 1.77. The van der Waals surface area contributed by atoms with Crippen LogP contribution in [0, 0.1) is 0 Å². The lowest BCUT2D eigenvalue weighted by Crippen LogP contribution is -1.96. The molecule has 0 bridgehead atoms. The molecule has 0 aliphatic carbocycles. The van der Waals surface area contributed by atoms with Crippen LogP contribution in [0.25, 0.3) is 0 Å². The number of nitrogens with zero attached hydrogens (tertiary/aromatic N) is 1. The van der Waals surface area contributed by atoms with Crippen LogP contribution in [0.3, 0.4) is 0 Å². The Morgan fingerprint density at radius 3 is 2.89 bits per heavy atom. The van der Waals surface area contributed by atoms with Gasteiger partial charge >= 0.3 is 0 Å². The molecular formula is C8H15N. The minimum absolute atomic E-state index is 1.23. The van der Waals surface area contributed by atoms with E-state index in [0.29, 0.717) is 0 Å². The monoisotopic (exact) mass is 125 g/mol. The number of hydrogen-bond donors (Lipinski definition) is 0. The molecule has 1 aliphatic rings. The Hall–Kier alpha value is -0.460. The van der Waals surface area contributed by atoms with Crippen LogP contribution in [-0.2, 0) is 0 Å². The molecular weight excluding hydrogens is 110 g/mol. The second kappa shape index (κ2) is 2.90. The van der Waals surface area contributed by atoms with Crippen molar-refractivity contribution >= 4 is 0 Å². The molecule has 1 fully saturated rings. The maximum absolute atomic E-state index is 2.42. The van der Waals surface area contributed by atoms with Gasteiger partial charge in [-0.25, -0.2) is 0 Å². The normalized spacial score (nSPS) is 21.1. The predicted octanol–water partition coefficient (Wildman–Crippen LogP) is 2.01. The van der Waals surface area contributed by atoms with Gasteiger partial charge in [0.05, 0.1) is 6.54 Å². The Balaban J connectivity index is 2.05. The Morgan fingerprint density at radius 2 is 2.44 bits per heavy atom. The van der Waals surface area contributed by atoms with Crippen LogP contribution in [0.4, 0.5) is 0 Å². The van der Waals surface area contributed by atoms with Crippen LogP contribution in [0.15, 0.2) is 11.8 Å². The summed E-state index contributed by atoms with van der Waals surface area (Å²) in [5, 5.41) is 0. The molecule has 0 radical (unpaired) electrons. The average molecular weight is 125 g/mol. The molecule has 52 valence electrons. The predicted molar refractivity (Wildman–Crippen MR) is 40.2 cm³/mol. The van der Waals surface area contributed by atoms with Crippen molar-refractivity contribution < 1.29 is 0 Å². The van der Waals surface area contributed by atoms with Crippen LogP contribution in [0.1, 0.15) is 26.7 Å². The summed E-state index contributed by atoms with van der Waals surface area (Å²) in [5.74, 6) is 0. The molecule has 1 saturated heterocycles. The van der Waals surface area contributed by atoms with Gasteiger partial charge in [-0.3, -0.25) is 0 Å². The van der Waals surface area contributed by atoms with E-state index >= 15 is 0 Å². The average Bonchev–Trinajstić information content (AvgIpc) is 2.62. The van der Waals surface area contributed by atoms with E-state index in [1.165, 1.54) is 31.6 Å². The van der Waals surface area contributed by atoms with Gasteiger partial charge in [0.15, 0.2) is 0 Å². The van der Waals surface area contributed by atoms with Gasteiger partial charge < -0.3 is 4.90 Å². The molecule has 1 heterocycles. The summed E-state index contributed by atoms with van der Waals surface area (Å²) in [6, 6.07) is 0. The van der Waals surface area contributed by atoms with Crippen molar-refractivity contribution in [2.24, 2.45) is 0 Å². The zero-order chi connectivity index (χ0) is 6.69. The quantitative estimate of drug-likeness (QED) is 0.521. The fourth-order valence-electron chi connectivity index (χ4n) is 1.01. The maximum Gasteiger partial charge on any atom is 0.0572 e.